The molecule has 0 bridgehead atoms. The van der Waals surface area contributed by atoms with E-state index in [1.54, 1.807) is 13.0 Å². The minimum absolute atomic E-state index is 0.00416. The average molecular weight is 459 g/mol. The van der Waals surface area contributed by atoms with Crippen LogP contribution in [0.5, 0.6) is 0 Å². The van der Waals surface area contributed by atoms with Crippen molar-refractivity contribution in [2.24, 2.45) is 0 Å². The molecule has 32 heavy (non-hydrogen) atoms. The first-order valence-corrected chi connectivity index (χ1v) is 10.5. The Labute approximate surface area is 189 Å². The molecule has 166 valence electrons. The number of rotatable bonds is 4. The first-order chi connectivity index (χ1) is 15.0. The van der Waals surface area contributed by atoms with Gasteiger partial charge in [0, 0.05) is 30.5 Å². The van der Waals surface area contributed by atoms with Crippen molar-refractivity contribution in [1.82, 2.24) is 0 Å². The Hall–Kier alpha value is -2.99. The first-order valence-electron chi connectivity index (χ1n) is 10.1. The number of nitrogens with zero attached hydrogens (tertiary/aromatic N) is 1. The van der Waals surface area contributed by atoms with Gasteiger partial charge in [0.05, 0.1) is 11.0 Å². The third-order valence-electron chi connectivity index (χ3n) is 5.98. The van der Waals surface area contributed by atoms with Crippen LogP contribution in [-0.4, -0.2) is 20.0 Å². The van der Waals surface area contributed by atoms with Crippen molar-refractivity contribution in [3.05, 3.63) is 82.4 Å². The van der Waals surface area contributed by atoms with Gasteiger partial charge >= 0.3 is 6.18 Å². The van der Waals surface area contributed by atoms with Crippen molar-refractivity contribution < 1.29 is 18.0 Å². The van der Waals surface area contributed by atoms with Crippen LogP contribution in [0.25, 0.3) is 11.1 Å². The summed E-state index contributed by atoms with van der Waals surface area (Å²) in [6, 6.07) is 17.0. The molecule has 0 spiro atoms. The smallest absolute Gasteiger partial charge is 0.378 e. The molecule has 0 radical (unpaired) electrons. The molecule has 3 aromatic rings. The van der Waals surface area contributed by atoms with Crippen molar-refractivity contribution in [1.29, 1.82) is 0 Å². The lowest BCUT2D eigenvalue weighted by Crippen LogP contribution is -2.34. The fraction of sp³-hybridized carbons (Fsp3) is 0.240. The molecule has 0 fully saturated rings. The lowest BCUT2D eigenvalue weighted by molar-refractivity contribution is -0.138. The molecule has 1 aliphatic rings. The van der Waals surface area contributed by atoms with E-state index >= 15 is 0 Å². The third-order valence-corrected chi connectivity index (χ3v) is 6.21. The number of hydrogen-bond acceptors (Lipinski definition) is 2. The van der Waals surface area contributed by atoms with Crippen LogP contribution in [0.4, 0.5) is 24.5 Å². The molecule has 3 aromatic carbocycles. The molecule has 1 unspecified atom stereocenters. The van der Waals surface area contributed by atoms with Crippen LogP contribution >= 0.6 is 11.6 Å². The molecule has 1 N–H and O–H groups in total. The van der Waals surface area contributed by atoms with Gasteiger partial charge in [-0.25, -0.2) is 0 Å². The Bertz CT molecular complexity index is 1210. The second-order valence-electron chi connectivity index (χ2n) is 8.47. The number of halogens is 4. The predicted molar refractivity (Wildman–Crippen MR) is 122 cm³/mol. The van der Waals surface area contributed by atoms with Crippen LogP contribution in [0.2, 0.25) is 5.02 Å². The van der Waals surface area contributed by atoms with E-state index in [1.807, 2.05) is 55.4 Å². The number of benzene rings is 3. The molecule has 1 amide bonds. The SMILES string of the molecule is CN(C)c1cccc(-c2ccc3c(c2)C(C)(Cc2cc(Cl)ccc2C(F)(F)F)C(=O)N3)c1. The van der Waals surface area contributed by atoms with Crippen LogP contribution in [0.3, 0.4) is 0 Å². The molecule has 4 rings (SSSR count). The summed E-state index contributed by atoms with van der Waals surface area (Å²) in [5, 5.41) is 3.03. The molecule has 1 aliphatic heterocycles. The van der Waals surface area contributed by atoms with Crippen molar-refractivity contribution in [3.8, 4) is 11.1 Å². The van der Waals surface area contributed by atoms with E-state index in [1.165, 1.54) is 12.1 Å². The standard InChI is InChI=1S/C25H22ClF3N2O/c1-24(14-17-11-18(26)8-9-20(17)25(27,28)29)21-13-16(7-10-22(21)30-23(24)32)15-5-4-6-19(12-15)31(2)3/h4-13H,14H2,1-3H3,(H,30,32). The van der Waals surface area contributed by atoms with Crippen LogP contribution in [0, 0.1) is 0 Å². The van der Waals surface area contributed by atoms with E-state index in [4.69, 9.17) is 11.6 Å². The molecule has 1 atom stereocenters. The fourth-order valence-corrected chi connectivity index (χ4v) is 4.37. The maximum atomic E-state index is 13.6. The highest BCUT2D eigenvalue weighted by Crippen LogP contribution is 2.44. The number of amides is 1. The van der Waals surface area contributed by atoms with Gasteiger partial charge in [-0.05, 0) is 78.1 Å². The van der Waals surface area contributed by atoms with Gasteiger partial charge in [-0.2, -0.15) is 13.2 Å². The van der Waals surface area contributed by atoms with E-state index in [0.29, 0.717) is 11.3 Å². The van der Waals surface area contributed by atoms with Crippen molar-refractivity contribution in [3.63, 3.8) is 0 Å². The molecule has 0 saturated carbocycles. The van der Waals surface area contributed by atoms with Crippen molar-refractivity contribution >= 4 is 28.9 Å². The maximum absolute atomic E-state index is 13.6. The topological polar surface area (TPSA) is 32.3 Å². The Morgan fingerprint density at radius 1 is 1.00 bits per heavy atom. The summed E-state index contributed by atoms with van der Waals surface area (Å²) in [6.07, 6.45) is -4.66. The van der Waals surface area contributed by atoms with Crippen LogP contribution in [0.15, 0.2) is 60.7 Å². The van der Waals surface area contributed by atoms with Gasteiger partial charge in [0.1, 0.15) is 0 Å². The van der Waals surface area contributed by atoms with Gasteiger partial charge in [0.2, 0.25) is 5.91 Å². The summed E-state index contributed by atoms with van der Waals surface area (Å²) in [7, 11) is 3.90. The zero-order valence-electron chi connectivity index (χ0n) is 17.8. The van der Waals surface area contributed by atoms with Crippen LogP contribution in [0.1, 0.15) is 23.6 Å². The quantitative estimate of drug-likeness (QED) is 0.481. The van der Waals surface area contributed by atoms with E-state index in [2.05, 4.69) is 5.32 Å². The van der Waals surface area contributed by atoms with Crippen LogP contribution in [-0.2, 0) is 22.8 Å². The molecule has 0 saturated heterocycles. The van der Waals surface area contributed by atoms with Gasteiger partial charge in [0.15, 0.2) is 0 Å². The molecule has 7 heteroatoms. The van der Waals surface area contributed by atoms with E-state index in [-0.39, 0.29) is 22.9 Å². The number of carbonyl (C=O) groups excluding carboxylic acids is 1. The average Bonchev–Trinajstić information content (AvgIpc) is 2.96. The monoisotopic (exact) mass is 458 g/mol. The zero-order chi connectivity index (χ0) is 23.3. The lowest BCUT2D eigenvalue weighted by Gasteiger charge is -2.25. The summed E-state index contributed by atoms with van der Waals surface area (Å²) in [6.45, 7) is 1.68. The zero-order valence-corrected chi connectivity index (χ0v) is 18.6. The number of alkyl halides is 3. The van der Waals surface area contributed by atoms with E-state index < -0.39 is 17.2 Å². The number of carbonyl (C=O) groups is 1. The largest absolute Gasteiger partial charge is 0.416 e. The predicted octanol–water partition coefficient (Wildman–Crippen LogP) is 6.54. The second kappa shape index (κ2) is 7.85. The Kier molecular flexibility index (Phi) is 5.45. The molecule has 1 heterocycles. The third kappa shape index (κ3) is 3.95. The molecule has 3 nitrogen and oxygen atoms in total. The molecular formula is C25H22ClF3N2O. The number of hydrogen-bond donors (Lipinski definition) is 1. The Balaban J connectivity index is 1.79. The minimum Gasteiger partial charge on any atom is -0.378 e. The minimum atomic E-state index is -4.54. The maximum Gasteiger partial charge on any atom is 0.416 e. The summed E-state index contributed by atoms with van der Waals surface area (Å²) in [5.74, 6) is -0.334. The van der Waals surface area contributed by atoms with Gasteiger partial charge in [-0.1, -0.05) is 29.8 Å². The van der Waals surface area contributed by atoms with Gasteiger partial charge < -0.3 is 10.2 Å². The fourth-order valence-electron chi connectivity index (χ4n) is 4.18. The Morgan fingerprint density at radius 3 is 2.41 bits per heavy atom. The summed E-state index contributed by atoms with van der Waals surface area (Å²) in [5.41, 5.74) is 2.19. The van der Waals surface area contributed by atoms with Crippen LogP contribution < -0.4 is 10.2 Å². The van der Waals surface area contributed by atoms with Crippen molar-refractivity contribution in [2.75, 3.05) is 24.3 Å². The molecule has 0 aromatic heterocycles. The number of anilines is 2. The second-order valence-corrected chi connectivity index (χ2v) is 8.90. The van der Waals surface area contributed by atoms with Gasteiger partial charge in [-0.15, -0.1) is 0 Å². The van der Waals surface area contributed by atoms with Gasteiger partial charge in [-0.3, -0.25) is 4.79 Å². The summed E-state index contributed by atoms with van der Waals surface area (Å²) in [4.78, 5) is 15.0. The molecule has 0 aliphatic carbocycles. The van der Waals surface area contributed by atoms with Crippen molar-refractivity contribution in [2.45, 2.75) is 24.9 Å². The highest BCUT2D eigenvalue weighted by atomic mass is 35.5. The van der Waals surface area contributed by atoms with E-state index in [0.717, 1.165) is 22.9 Å². The lowest BCUT2D eigenvalue weighted by atomic mass is 9.76. The highest BCUT2D eigenvalue weighted by molar-refractivity contribution is 6.30. The summed E-state index contributed by atoms with van der Waals surface area (Å²) >= 11 is 6.01. The normalized spacial score (nSPS) is 17.8. The van der Waals surface area contributed by atoms with Gasteiger partial charge in [0.25, 0.3) is 0 Å². The highest BCUT2D eigenvalue weighted by Gasteiger charge is 2.45. The summed E-state index contributed by atoms with van der Waals surface area (Å²) < 4.78 is 40.8. The number of nitrogens with one attached hydrogen (secondary N) is 1. The number of fused-ring (bicyclic) bond motifs is 1. The van der Waals surface area contributed by atoms with E-state index in [9.17, 15) is 18.0 Å². The Morgan fingerprint density at radius 2 is 1.72 bits per heavy atom. The first kappa shape index (κ1) is 22.2. The molecular weight excluding hydrogens is 437 g/mol.